The molecule has 0 bridgehead atoms. The van der Waals surface area contributed by atoms with Gasteiger partial charge < -0.3 is 9.80 Å². The third-order valence-electron chi connectivity index (χ3n) is 13.2. The predicted octanol–water partition coefficient (Wildman–Crippen LogP) is 15.4. The molecule has 0 heterocycles. The molecule has 2 nitrogen and oxygen atoms in total. The Morgan fingerprint density at radius 2 is 0.810 bits per heavy atom. The molecule has 280 valence electrons. The van der Waals surface area contributed by atoms with Crippen molar-refractivity contribution in [3.63, 3.8) is 0 Å². The van der Waals surface area contributed by atoms with E-state index >= 15 is 0 Å². The molecule has 0 atom stereocenters. The van der Waals surface area contributed by atoms with E-state index in [1.807, 2.05) is 0 Å². The van der Waals surface area contributed by atoms with Crippen LogP contribution < -0.4 is 9.80 Å². The molecule has 0 fully saturated rings. The van der Waals surface area contributed by atoms with E-state index in [0.29, 0.717) is 0 Å². The Morgan fingerprint density at radius 3 is 1.24 bits per heavy atom. The number of allylic oxidation sites excluding steroid dienone is 4. The van der Waals surface area contributed by atoms with Crippen molar-refractivity contribution in [1.82, 2.24) is 0 Å². The Balaban J connectivity index is 1.14. The summed E-state index contributed by atoms with van der Waals surface area (Å²) in [5, 5.41) is 5.15. The fourth-order valence-electron chi connectivity index (χ4n) is 10.4. The average molecular weight is 747 g/mol. The molecule has 0 amide bonds. The molecule has 0 spiro atoms. The van der Waals surface area contributed by atoms with E-state index in [0.717, 1.165) is 24.2 Å². The molecule has 0 saturated carbocycles. The third kappa shape index (κ3) is 5.04. The summed E-state index contributed by atoms with van der Waals surface area (Å²) in [6, 6.07) is 60.9. The van der Waals surface area contributed by atoms with E-state index in [9.17, 15) is 0 Å². The second-order valence-electron chi connectivity index (χ2n) is 17.2. The average Bonchev–Trinajstić information content (AvgIpc) is 3.63. The number of benzene rings is 8. The summed E-state index contributed by atoms with van der Waals surface area (Å²) < 4.78 is 0. The van der Waals surface area contributed by atoms with Crippen LogP contribution in [0, 0.1) is 0 Å². The zero-order chi connectivity index (χ0) is 39.2. The number of hydrogen-bond donors (Lipinski definition) is 0. The van der Waals surface area contributed by atoms with Crippen LogP contribution in [0.4, 0.5) is 28.4 Å². The van der Waals surface area contributed by atoms with Gasteiger partial charge in [-0.05, 0) is 135 Å². The normalized spacial score (nSPS) is 15.4. The topological polar surface area (TPSA) is 6.48 Å². The SMILES string of the molecule is CC1(C)c2cc3c(cc2-c2c1cc(N(C1=CC=CCC1)c1ccccc1)c1ccccc21)C(C)(C)c1cc(N(c2ccccc2)c2ccccc2)c2ccccc2c1-3. The molecule has 11 rings (SSSR count). The Hall–Kier alpha value is -6.64. The summed E-state index contributed by atoms with van der Waals surface area (Å²) in [7, 11) is 0. The van der Waals surface area contributed by atoms with Crippen LogP contribution in [0.15, 0.2) is 188 Å². The first-order chi connectivity index (χ1) is 28.3. The summed E-state index contributed by atoms with van der Waals surface area (Å²) in [6.45, 7) is 9.75. The molecule has 0 aromatic heterocycles. The smallest absolute Gasteiger partial charge is 0.0543 e. The van der Waals surface area contributed by atoms with E-state index in [1.54, 1.807) is 0 Å². The van der Waals surface area contributed by atoms with Gasteiger partial charge in [0.15, 0.2) is 0 Å². The van der Waals surface area contributed by atoms with Crippen molar-refractivity contribution in [3.05, 3.63) is 210 Å². The summed E-state index contributed by atoms with van der Waals surface area (Å²) in [5.74, 6) is 0. The Labute approximate surface area is 342 Å². The Morgan fingerprint density at radius 1 is 0.414 bits per heavy atom. The molecule has 3 aliphatic carbocycles. The molecule has 0 N–H and O–H groups in total. The minimum atomic E-state index is -0.231. The fourth-order valence-corrected chi connectivity index (χ4v) is 10.4. The van der Waals surface area contributed by atoms with Gasteiger partial charge in [-0.25, -0.2) is 0 Å². The molecular formula is C56H46N2. The first-order valence-electron chi connectivity index (χ1n) is 20.8. The fraction of sp³-hybridized carbons (Fsp3) is 0.143. The molecule has 58 heavy (non-hydrogen) atoms. The maximum atomic E-state index is 2.58. The third-order valence-corrected chi connectivity index (χ3v) is 13.2. The van der Waals surface area contributed by atoms with Crippen molar-refractivity contribution >= 4 is 50.0 Å². The van der Waals surface area contributed by atoms with E-state index in [4.69, 9.17) is 0 Å². The van der Waals surface area contributed by atoms with Gasteiger partial charge in [-0.3, -0.25) is 0 Å². The quantitative estimate of drug-likeness (QED) is 0.167. The highest BCUT2D eigenvalue weighted by Gasteiger charge is 2.44. The second-order valence-corrected chi connectivity index (χ2v) is 17.2. The van der Waals surface area contributed by atoms with Gasteiger partial charge in [0.25, 0.3) is 0 Å². The van der Waals surface area contributed by atoms with Gasteiger partial charge in [0.05, 0.1) is 11.4 Å². The van der Waals surface area contributed by atoms with Crippen molar-refractivity contribution < 1.29 is 0 Å². The van der Waals surface area contributed by atoms with Crippen LogP contribution in [0.2, 0.25) is 0 Å². The number of rotatable bonds is 6. The van der Waals surface area contributed by atoms with Crippen molar-refractivity contribution in [3.8, 4) is 22.3 Å². The number of hydrogen-bond acceptors (Lipinski definition) is 2. The van der Waals surface area contributed by atoms with E-state index in [-0.39, 0.29) is 10.8 Å². The largest absolute Gasteiger partial charge is 0.314 e. The van der Waals surface area contributed by atoms with E-state index < -0.39 is 0 Å². The van der Waals surface area contributed by atoms with Crippen molar-refractivity contribution in [2.24, 2.45) is 0 Å². The van der Waals surface area contributed by atoms with Crippen LogP contribution in [-0.4, -0.2) is 0 Å². The maximum Gasteiger partial charge on any atom is 0.0543 e. The maximum absolute atomic E-state index is 2.58. The number of para-hydroxylation sites is 3. The molecule has 3 aliphatic rings. The van der Waals surface area contributed by atoms with Crippen LogP contribution in [0.3, 0.4) is 0 Å². The van der Waals surface area contributed by atoms with Crippen LogP contribution in [-0.2, 0) is 10.8 Å². The Kier molecular flexibility index (Phi) is 7.72. The van der Waals surface area contributed by atoms with Gasteiger partial charge in [-0.2, -0.15) is 0 Å². The summed E-state index contributed by atoms with van der Waals surface area (Å²) in [5.41, 5.74) is 17.9. The summed E-state index contributed by atoms with van der Waals surface area (Å²) in [6.07, 6.45) is 8.85. The lowest BCUT2D eigenvalue weighted by molar-refractivity contribution is 0.652. The molecule has 0 saturated heterocycles. The zero-order valence-electron chi connectivity index (χ0n) is 33.6. The number of nitrogens with zero attached hydrogens (tertiary/aromatic N) is 2. The number of fused-ring (bicyclic) bond motifs is 10. The van der Waals surface area contributed by atoms with Crippen LogP contribution in [0.5, 0.6) is 0 Å². The molecule has 8 aromatic carbocycles. The Bertz CT molecular complexity index is 2950. The summed E-state index contributed by atoms with van der Waals surface area (Å²) >= 11 is 0. The van der Waals surface area contributed by atoms with Crippen molar-refractivity contribution in [2.75, 3.05) is 9.80 Å². The lowest BCUT2D eigenvalue weighted by atomic mass is 9.79. The van der Waals surface area contributed by atoms with Crippen LogP contribution in [0.25, 0.3) is 43.8 Å². The molecule has 0 aliphatic heterocycles. The van der Waals surface area contributed by atoms with Gasteiger partial charge >= 0.3 is 0 Å². The summed E-state index contributed by atoms with van der Waals surface area (Å²) in [4.78, 5) is 4.95. The standard InChI is InChI=1S/C56H46N2/c1-55(2)47-33-46-48(34-45(47)53-43-31-19-17-29-41(43)51(35-49(53)55)57(37-21-9-5-10-22-37)38-23-11-6-12-24-38)56(3,4)50-36-52(42-30-18-20-32-44(42)54(46)50)58(39-25-13-7-14-26-39)40-27-15-8-16-28-40/h5-15,17-27,29-36H,16,28H2,1-4H3. The molecule has 8 aromatic rings. The second kappa shape index (κ2) is 12.9. The van der Waals surface area contributed by atoms with Gasteiger partial charge in [0.1, 0.15) is 0 Å². The van der Waals surface area contributed by atoms with Gasteiger partial charge in [0.2, 0.25) is 0 Å². The van der Waals surface area contributed by atoms with E-state index in [2.05, 4.69) is 220 Å². The lowest BCUT2D eigenvalue weighted by Crippen LogP contribution is -2.20. The van der Waals surface area contributed by atoms with Crippen molar-refractivity contribution in [1.29, 1.82) is 0 Å². The van der Waals surface area contributed by atoms with Crippen molar-refractivity contribution in [2.45, 2.75) is 51.4 Å². The highest BCUT2D eigenvalue weighted by molar-refractivity contribution is 6.13. The van der Waals surface area contributed by atoms with Gasteiger partial charge in [-0.15, -0.1) is 0 Å². The molecule has 0 radical (unpaired) electrons. The highest BCUT2D eigenvalue weighted by Crippen LogP contribution is 2.60. The number of anilines is 5. The molecule has 0 unspecified atom stereocenters. The van der Waals surface area contributed by atoms with Crippen LogP contribution >= 0.6 is 0 Å². The van der Waals surface area contributed by atoms with Gasteiger partial charge in [0, 0.05) is 44.4 Å². The monoisotopic (exact) mass is 746 g/mol. The highest BCUT2D eigenvalue weighted by atomic mass is 15.2. The first-order valence-corrected chi connectivity index (χ1v) is 20.8. The van der Waals surface area contributed by atoms with E-state index in [1.165, 1.54) is 88.8 Å². The zero-order valence-corrected chi connectivity index (χ0v) is 33.6. The molecular weight excluding hydrogens is 701 g/mol. The first kappa shape index (κ1) is 34.6. The van der Waals surface area contributed by atoms with Crippen LogP contribution in [0.1, 0.15) is 62.8 Å². The minimum absolute atomic E-state index is 0.220. The van der Waals surface area contributed by atoms with Gasteiger partial charge in [-0.1, -0.05) is 143 Å². The lowest BCUT2D eigenvalue weighted by Gasteiger charge is -2.32. The predicted molar refractivity (Wildman–Crippen MR) is 246 cm³/mol. The molecule has 2 heteroatoms. The minimum Gasteiger partial charge on any atom is -0.314 e.